The van der Waals surface area contributed by atoms with Crippen molar-refractivity contribution in [3.63, 3.8) is 0 Å². The first kappa shape index (κ1) is 21.3. The predicted molar refractivity (Wildman–Crippen MR) is 128 cm³/mol. The Labute approximate surface area is 189 Å². The van der Waals surface area contributed by atoms with E-state index in [-0.39, 0.29) is 23.3 Å². The molecule has 0 spiro atoms. The van der Waals surface area contributed by atoms with Crippen LogP contribution in [0, 0.1) is 0 Å². The Morgan fingerprint density at radius 3 is 2.72 bits per heavy atom. The van der Waals surface area contributed by atoms with Crippen LogP contribution in [0.3, 0.4) is 0 Å². The Balaban J connectivity index is 1.53. The molecule has 32 heavy (non-hydrogen) atoms. The number of carbonyl (C=O) groups is 2. The number of aromatic nitrogens is 1. The normalized spacial score (nSPS) is 14.4. The Kier molecular flexibility index (Phi) is 6.62. The third kappa shape index (κ3) is 5.04. The molecule has 0 fully saturated rings. The molecule has 0 saturated carbocycles. The standard InChI is InChI=1S/C24H20N4O3S/c1-31-20-11-5-8-18(14-20)26-22(29)16-32-24-27-21(13-17-7-6-12-25-15-17)23(30)28(24)19-9-3-2-4-10-19/h2-15H,16H2,1H3,(H,26,29)/b21-13+. The first-order chi connectivity index (χ1) is 15.6. The second kappa shape index (κ2) is 9.93. The molecule has 0 bridgehead atoms. The van der Waals surface area contributed by atoms with Gasteiger partial charge in [-0.15, -0.1) is 0 Å². The molecule has 8 heteroatoms. The van der Waals surface area contributed by atoms with Gasteiger partial charge in [-0.2, -0.15) is 0 Å². The lowest BCUT2D eigenvalue weighted by Crippen LogP contribution is -2.31. The Hall–Kier alpha value is -3.91. The van der Waals surface area contributed by atoms with E-state index in [1.807, 2.05) is 36.4 Å². The summed E-state index contributed by atoms with van der Waals surface area (Å²) in [7, 11) is 1.57. The lowest BCUT2D eigenvalue weighted by Gasteiger charge is -2.17. The van der Waals surface area contributed by atoms with Gasteiger partial charge in [0.15, 0.2) is 5.17 Å². The first-order valence-corrected chi connectivity index (χ1v) is 10.8. The molecule has 2 heterocycles. The number of hydrogen-bond donors (Lipinski definition) is 1. The van der Waals surface area contributed by atoms with Crippen molar-refractivity contribution in [2.75, 3.05) is 23.1 Å². The molecule has 0 atom stereocenters. The maximum Gasteiger partial charge on any atom is 0.283 e. The van der Waals surface area contributed by atoms with E-state index in [1.165, 1.54) is 16.7 Å². The smallest absolute Gasteiger partial charge is 0.283 e. The number of rotatable bonds is 6. The summed E-state index contributed by atoms with van der Waals surface area (Å²) in [6.45, 7) is 0. The van der Waals surface area contributed by atoms with Crippen LogP contribution < -0.4 is 15.0 Å². The van der Waals surface area contributed by atoms with Crippen molar-refractivity contribution in [1.29, 1.82) is 0 Å². The maximum atomic E-state index is 13.1. The lowest BCUT2D eigenvalue weighted by molar-refractivity contribution is -0.114. The van der Waals surface area contributed by atoms with Crippen LogP contribution in [-0.4, -0.2) is 34.8 Å². The average molecular weight is 445 g/mol. The van der Waals surface area contributed by atoms with E-state index in [2.05, 4.69) is 15.3 Å². The molecular formula is C24H20N4O3S. The Morgan fingerprint density at radius 1 is 1.12 bits per heavy atom. The molecule has 2 aromatic carbocycles. The monoisotopic (exact) mass is 444 g/mol. The number of ether oxygens (including phenoxy) is 1. The summed E-state index contributed by atoms with van der Waals surface area (Å²) >= 11 is 1.20. The van der Waals surface area contributed by atoms with Crippen LogP contribution in [0.1, 0.15) is 5.56 Å². The van der Waals surface area contributed by atoms with Gasteiger partial charge in [-0.1, -0.05) is 42.1 Å². The molecule has 2 amide bonds. The highest BCUT2D eigenvalue weighted by atomic mass is 32.2. The quantitative estimate of drug-likeness (QED) is 0.576. The topological polar surface area (TPSA) is 83.9 Å². The summed E-state index contributed by atoms with van der Waals surface area (Å²) in [5.41, 5.74) is 2.38. The molecular weight excluding hydrogens is 424 g/mol. The number of nitrogens with zero attached hydrogens (tertiary/aromatic N) is 3. The summed E-state index contributed by atoms with van der Waals surface area (Å²) in [5, 5.41) is 3.28. The van der Waals surface area contributed by atoms with Crippen LogP contribution in [0.2, 0.25) is 0 Å². The van der Waals surface area contributed by atoms with Crippen molar-refractivity contribution in [2.24, 2.45) is 4.99 Å². The van der Waals surface area contributed by atoms with Crippen LogP contribution in [0.25, 0.3) is 6.08 Å². The van der Waals surface area contributed by atoms with Crippen LogP contribution in [0.5, 0.6) is 5.75 Å². The fourth-order valence-corrected chi connectivity index (χ4v) is 3.86. The number of thioether (sulfide) groups is 1. The number of amides is 2. The SMILES string of the molecule is COc1cccc(NC(=O)CSC2=N/C(=C/c3cccnc3)C(=O)N2c2ccccc2)c1. The molecule has 0 aliphatic carbocycles. The third-order valence-electron chi connectivity index (χ3n) is 4.52. The van der Waals surface area contributed by atoms with Crippen LogP contribution >= 0.6 is 11.8 Å². The number of hydrogen-bond acceptors (Lipinski definition) is 6. The highest BCUT2D eigenvalue weighted by Crippen LogP contribution is 2.29. The van der Waals surface area contributed by atoms with Crippen LogP contribution in [-0.2, 0) is 9.59 Å². The molecule has 1 aromatic heterocycles. The Morgan fingerprint density at radius 2 is 1.97 bits per heavy atom. The summed E-state index contributed by atoms with van der Waals surface area (Å²) < 4.78 is 5.18. The number of methoxy groups -OCH3 is 1. The molecule has 0 unspecified atom stereocenters. The van der Waals surface area contributed by atoms with E-state index in [0.29, 0.717) is 22.3 Å². The van der Waals surface area contributed by atoms with Gasteiger partial charge in [-0.25, -0.2) is 4.99 Å². The molecule has 1 aliphatic heterocycles. The molecule has 3 aromatic rings. The van der Waals surface area contributed by atoms with Crippen molar-refractivity contribution in [1.82, 2.24) is 4.98 Å². The van der Waals surface area contributed by atoms with E-state index >= 15 is 0 Å². The minimum absolute atomic E-state index is 0.0901. The van der Waals surface area contributed by atoms with Crippen molar-refractivity contribution in [3.8, 4) is 5.75 Å². The average Bonchev–Trinajstić information content (AvgIpc) is 3.14. The van der Waals surface area contributed by atoms with Crippen molar-refractivity contribution in [3.05, 3.63) is 90.4 Å². The largest absolute Gasteiger partial charge is 0.497 e. The van der Waals surface area contributed by atoms with Gasteiger partial charge in [0.05, 0.1) is 18.6 Å². The minimum Gasteiger partial charge on any atom is -0.497 e. The summed E-state index contributed by atoms with van der Waals surface area (Å²) in [5.74, 6) is 0.279. The van der Waals surface area contributed by atoms with Crippen molar-refractivity contribution < 1.29 is 14.3 Å². The van der Waals surface area contributed by atoms with Gasteiger partial charge in [0.1, 0.15) is 11.4 Å². The third-order valence-corrected chi connectivity index (χ3v) is 5.46. The van der Waals surface area contributed by atoms with Gasteiger partial charge in [-0.05, 0) is 42.0 Å². The maximum absolute atomic E-state index is 13.1. The molecule has 0 saturated heterocycles. The number of aliphatic imine (C=N–C) groups is 1. The molecule has 160 valence electrons. The van der Waals surface area contributed by atoms with E-state index in [0.717, 1.165) is 5.56 Å². The number of benzene rings is 2. The molecule has 4 rings (SSSR count). The number of para-hydroxylation sites is 1. The van der Waals surface area contributed by atoms with Gasteiger partial charge in [0, 0.05) is 24.1 Å². The summed E-state index contributed by atoms with van der Waals surface area (Å²) in [6, 6.07) is 20.0. The number of carbonyl (C=O) groups excluding carboxylic acids is 2. The van der Waals surface area contributed by atoms with E-state index in [1.54, 1.807) is 55.9 Å². The first-order valence-electron chi connectivity index (χ1n) is 9.80. The number of amidine groups is 1. The predicted octanol–water partition coefficient (Wildman–Crippen LogP) is 4.21. The number of pyridine rings is 1. The van der Waals surface area contributed by atoms with Gasteiger partial charge < -0.3 is 10.1 Å². The Bertz CT molecular complexity index is 1180. The van der Waals surface area contributed by atoms with Crippen LogP contribution in [0.4, 0.5) is 11.4 Å². The van der Waals surface area contributed by atoms with Gasteiger partial charge >= 0.3 is 0 Å². The zero-order valence-electron chi connectivity index (χ0n) is 17.3. The molecule has 1 aliphatic rings. The summed E-state index contributed by atoms with van der Waals surface area (Å²) in [6.07, 6.45) is 5.02. The summed E-state index contributed by atoms with van der Waals surface area (Å²) in [4.78, 5) is 35.7. The molecule has 1 N–H and O–H groups in total. The lowest BCUT2D eigenvalue weighted by atomic mass is 10.2. The van der Waals surface area contributed by atoms with Crippen molar-refractivity contribution >= 4 is 46.2 Å². The minimum atomic E-state index is -0.254. The number of anilines is 2. The van der Waals surface area contributed by atoms with E-state index < -0.39 is 0 Å². The van der Waals surface area contributed by atoms with Gasteiger partial charge in [-0.3, -0.25) is 19.5 Å². The fourth-order valence-electron chi connectivity index (χ4n) is 3.05. The van der Waals surface area contributed by atoms with Crippen LogP contribution in [0.15, 0.2) is 89.8 Å². The van der Waals surface area contributed by atoms with Crippen molar-refractivity contribution in [2.45, 2.75) is 0 Å². The molecule has 7 nitrogen and oxygen atoms in total. The van der Waals surface area contributed by atoms with E-state index in [9.17, 15) is 9.59 Å². The highest BCUT2D eigenvalue weighted by molar-refractivity contribution is 8.14. The zero-order valence-corrected chi connectivity index (χ0v) is 18.1. The second-order valence-electron chi connectivity index (χ2n) is 6.76. The zero-order chi connectivity index (χ0) is 22.3. The van der Waals surface area contributed by atoms with E-state index in [4.69, 9.17) is 4.74 Å². The number of nitrogens with one attached hydrogen (secondary N) is 1. The highest BCUT2D eigenvalue weighted by Gasteiger charge is 2.32. The fraction of sp³-hybridized carbons (Fsp3) is 0.0833. The molecule has 0 radical (unpaired) electrons. The van der Waals surface area contributed by atoms with Gasteiger partial charge in [0.2, 0.25) is 5.91 Å². The van der Waals surface area contributed by atoms with Gasteiger partial charge in [0.25, 0.3) is 5.91 Å². The second-order valence-corrected chi connectivity index (χ2v) is 7.70.